The quantitative estimate of drug-likeness (QED) is 0.0611. The summed E-state index contributed by atoms with van der Waals surface area (Å²) in [4.78, 5) is 23.5. The van der Waals surface area contributed by atoms with Crippen molar-refractivity contribution in [3.8, 4) is 0 Å². The molecule has 7 nitrogen and oxygen atoms in total. The van der Waals surface area contributed by atoms with Gasteiger partial charge in [0.05, 0.1) is 12.2 Å². The van der Waals surface area contributed by atoms with Gasteiger partial charge < -0.3 is 24.8 Å². The molecular formula is C31H52O7. The molecular weight excluding hydrogens is 484 g/mol. The van der Waals surface area contributed by atoms with Crippen molar-refractivity contribution in [2.75, 3.05) is 13.2 Å². The van der Waals surface area contributed by atoms with Gasteiger partial charge in [-0.1, -0.05) is 101 Å². The minimum atomic E-state index is -1.05. The highest BCUT2D eigenvalue weighted by molar-refractivity contribution is 5.69. The van der Waals surface area contributed by atoms with E-state index >= 15 is 0 Å². The van der Waals surface area contributed by atoms with Crippen molar-refractivity contribution in [2.45, 2.75) is 122 Å². The summed E-state index contributed by atoms with van der Waals surface area (Å²) in [5.74, 6) is -0.819. The van der Waals surface area contributed by atoms with E-state index in [0.717, 1.165) is 38.5 Å². The summed E-state index contributed by atoms with van der Waals surface area (Å²) in [5, 5.41) is 29.7. The smallest absolute Gasteiger partial charge is 0.305 e. The number of ether oxygens (including phenoxy) is 2. The zero-order valence-electron chi connectivity index (χ0n) is 23.6. The maximum atomic E-state index is 11.8. The third kappa shape index (κ3) is 25.4. The van der Waals surface area contributed by atoms with Gasteiger partial charge in [-0.15, -0.1) is 0 Å². The van der Waals surface area contributed by atoms with Crippen LogP contribution >= 0.6 is 0 Å². The van der Waals surface area contributed by atoms with Crippen molar-refractivity contribution >= 4 is 11.9 Å². The molecule has 0 saturated carbocycles. The zero-order valence-corrected chi connectivity index (χ0v) is 23.6. The predicted octanol–water partition coefficient (Wildman–Crippen LogP) is 5.88. The first-order chi connectivity index (χ1) is 18.4. The van der Waals surface area contributed by atoms with Crippen LogP contribution in [-0.2, 0) is 19.1 Å². The molecule has 0 heterocycles. The van der Waals surface area contributed by atoms with Crippen LogP contribution in [0.25, 0.3) is 0 Å². The first kappa shape index (κ1) is 35.8. The van der Waals surface area contributed by atoms with E-state index in [4.69, 9.17) is 9.47 Å². The Kier molecular flexibility index (Phi) is 24.8. The third-order valence-electron chi connectivity index (χ3n) is 5.76. The van der Waals surface area contributed by atoms with Crippen LogP contribution in [0, 0.1) is 0 Å². The van der Waals surface area contributed by atoms with E-state index in [-0.39, 0.29) is 25.6 Å². The number of hydrogen-bond acceptors (Lipinski definition) is 7. The summed E-state index contributed by atoms with van der Waals surface area (Å²) >= 11 is 0. The van der Waals surface area contributed by atoms with Crippen LogP contribution in [0.15, 0.2) is 48.6 Å². The average Bonchev–Trinajstić information content (AvgIpc) is 2.90. The van der Waals surface area contributed by atoms with Gasteiger partial charge >= 0.3 is 11.9 Å². The van der Waals surface area contributed by atoms with Crippen molar-refractivity contribution in [3.63, 3.8) is 0 Å². The summed E-state index contributed by atoms with van der Waals surface area (Å²) in [6.45, 7) is 3.89. The lowest BCUT2D eigenvalue weighted by Crippen LogP contribution is -2.25. The van der Waals surface area contributed by atoms with Gasteiger partial charge in [0.2, 0.25) is 0 Å². The molecule has 0 aromatic rings. The zero-order chi connectivity index (χ0) is 28.3. The lowest BCUT2D eigenvalue weighted by Gasteiger charge is -2.12. The minimum absolute atomic E-state index is 0.124. The second-order valence-corrected chi connectivity index (χ2v) is 9.57. The number of aliphatic hydroxyl groups is 3. The van der Waals surface area contributed by atoms with Gasteiger partial charge in [0.1, 0.15) is 19.3 Å². The molecule has 0 radical (unpaired) electrons. The number of allylic oxidation sites excluding steroid dienone is 5. The van der Waals surface area contributed by atoms with Crippen LogP contribution in [0.2, 0.25) is 0 Å². The Bertz CT molecular complexity index is 696. The van der Waals surface area contributed by atoms with Gasteiger partial charge in [-0.25, -0.2) is 0 Å². The second-order valence-electron chi connectivity index (χ2n) is 9.57. The Hall–Kier alpha value is -2.22. The Balaban J connectivity index is 3.86. The van der Waals surface area contributed by atoms with Gasteiger partial charge in [-0.3, -0.25) is 9.59 Å². The van der Waals surface area contributed by atoms with E-state index in [9.17, 15) is 24.9 Å². The molecule has 3 atom stereocenters. The van der Waals surface area contributed by atoms with Gasteiger partial charge in [-0.2, -0.15) is 0 Å². The van der Waals surface area contributed by atoms with Crippen molar-refractivity contribution in [3.05, 3.63) is 48.6 Å². The highest BCUT2D eigenvalue weighted by Crippen LogP contribution is 2.07. The van der Waals surface area contributed by atoms with E-state index in [2.05, 4.69) is 19.9 Å². The molecule has 0 spiro atoms. The normalized spacial score (nSPS) is 14.6. The molecule has 38 heavy (non-hydrogen) atoms. The van der Waals surface area contributed by atoms with E-state index < -0.39 is 24.3 Å². The van der Waals surface area contributed by atoms with Crippen LogP contribution in [0.1, 0.15) is 104 Å². The molecule has 218 valence electrons. The predicted molar refractivity (Wildman–Crippen MR) is 152 cm³/mol. The molecule has 3 N–H and O–H groups in total. The van der Waals surface area contributed by atoms with Crippen molar-refractivity contribution in [2.24, 2.45) is 0 Å². The average molecular weight is 537 g/mol. The molecule has 0 bridgehead atoms. The van der Waals surface area contributed by atoms with Gasteiger partial charge in [0.25, 0.3) is 0 Å². The molecule has 0 saturated heterocycles. The monoisotopic (exact) mass is 536 g/mol. The van der Waals surface area contributed by atoms with Crippen LogP contribution in [-0.4, -0.2) is 58.8 Å². The number of hydrogen-bond donors (Lipinski definition) is 3. The van der Waals surface area contributed by atoms with E-state index in [1.165, 1.54) is 19.3 Å². The first-order valence-electron chi connectivity index (χ1n) is 14.4. The molecule has 0 rings (SSSR count). The summed E-state index contributed by atoms with van der Waals surface area (Å²) in [6, 6.07) is 0. The molecule has 0 aromatic heterocycles. The number of rotatable bonds is 24. The lowest BCUT2D eigenvalue weighted by atomic mass is 10.1. The first-order valence-corrected chi connectivity index (χ1v) is 14.4. The number of aliphatic hydroxyl groups excluding tert-OH is 3. The molecule has 0 amide bonds. The van der Waals surface area contributed by atoms with Crippen molar-refractivity contribution in [1.82, 2.24) is 0 Å². The fourth-order valence-corrected chi connectivity index (χ4v) is 3.45. The van der Waals surface area contributed by atoms with Crippen LogP contribution in [0.4, 0.5) is 0 Å². The Morgan fingerprint density at radius 3 is 1.84 bits per heavy atom. The van der Waals surface area contributed by atoms with Gasteiger partial charge in [0.15, 0.2) is 0 Å². The van der Waals surface area contributed by atoms with Gasteiger partial charge in [-0.05, 0) is 38.5 Å². The second kappa shape index (κ2) is 26.4. The highest BCUT2D eigenvalue weighted by atomic mass is 16.6. The number of carbonyl (C=O) groups excluding carboxylic acids is 2. The number of unbranched alkanes of at least 4 members (excludes halogenated alkanes) is 7. The van der Waals surface area contributed by atoms with E-state index in [1.807, 2.05) is 6.08 Å². The maximum Gasteiger partial charge on any atom is 0.305 e. The summed E-state index contributed by atoms with van der Waals surface area (Å²) in [7, 11) is 0. The fraction of sp³-hybridized carbons (Fsp3) is 0.677. The molecule has 0 aliphatic carbocycles. The third-order valence-corrected chi connectivity index (χ3v) is 5.76. The molecule has 0 aromatic carbocycles. The highest BCUT2D eigenvalue weighted by Gasteiger charge is 2.12. The molecule has 7 heteroatoms. The van der Waals surface area contributed by atoms with Crippen molar-refractivity contribution in [1.29, 1.82) is 0 Å². The molecule has 0 unspecified atom stereocenters. The SMILES string of the molecule is CCCCC/C=C\C[C@@H](O)/C=C/C=C/C=C\[C@@H](O)CCCC(=O)OC[C@@H](O)COC(=O)CCCCCCC. The summed E-state index contributed by atoms with van der Waals surface area (Å²) in [6.07, 6.45) is 24.0. The van der Waals surface area contributed by atoms with Crippen LogP contribution in [0.3, 0.4) is 0 Å². The minimum Gasteiger partial charge on any atom is -0.463 e. The van der Waals surface area contributed by atoms with Gasteiger partial charge in [0, 0.05) is 12.8 Å². The fourth-order valence-electron chi connectivity index (χ4n) is 3.45. The topological polar surface area (TPSA) is 113 Å². The number of esters is 2. The largest absolute Gasteiger partial charge is 0.463 e. The van der Waals surface area contributed by atoms with Crippen LogP contribution in [0.5, 0.6) is 0 Å². The molecule has 0 aliphatic rings. The Morgan fingerprint density at radius 2 is 1.21 bits per heavy atom. The standard InChI is InChI=1S/C31H52O7/c1-3-5-7-9-11-14-19-27(32)20-15-12-13-16-21-28(33)22-18-24-31(36)38-26-29(34)25-37-30(35)23-17-10-8-6-4-2/h11-16,20-21,27-29,32-34H,3-10,17-19,22-26H2,1-2H3/b13-12+,14-11-,20-15+,21-16-/t27-,28-,29+/m1/s1. The maximum absolute atomic E-state index is 11.8. The van der Waals surface area contributed by atoms with E-state index in [1.54, 1.807) is 36.5 Å². The van der Waals surface area contributed by atoms with Crippen LogP contribution < -0.4 is 0 Å². The Morgan fingerprint density at radius 1 is 0.658 bits per heavy atom. The summed E-state index contributed by atoms with van der Waals surface area (Å²) < 4.78 is 10.0. The number of carbonyl (C=O) groups is 2. The van der Waals surface area contributed by atoms with Crippen molar-refractivity contribution < 1.29 is 34.4 Å². The molecule has 0 fully saturated rings. The lowest BCUT2D eigenvalue weighted by molar-refractivity contribution is -0.152. The summed E-state index contributed by atoms with van der Waals surface area (Å²) in [5.41, 5.74) is 0. The van der Waals surface area contributed by atoms with E-state index in [0.29, 0.717) is 25.7 Å². The molecule has 0 aliphatic heterocycles. The Labute approximate surface area is 230 Å².